The normalized spacial score (nSPS) is 10.4. The van der Waals surface area contributed by atoms with E-state index in [9.17, 15) is 4.79 Å². The molecule has 2 aromatic heterocycles. The maximum atomic E-state index is 11.4. The van der Waals surface area contributed by atoms with Crippen molar-refractivity contribution < 1.29 is 4.79 Å². The fourth-order valence-corrected chi connectivity index (χ4v) is 2.53. The second kappa shape index (κ2) is 6.76. The van der Waals surface area contributed by atoms with Gasteiger partial charge in [-0.1, -0.05) is 30.3 Å². The van der Waals surface area contributed by atoms with Crippen LogP contribution >= 0.6 is 0 Å². The van der Waals surface area contributed by atoms with Crippen LogP contribution in [0.4, 0.5) is 0 Å². The first-order valence-corrected chi connectivity index (χ1v) is 7.22. The Hall–Kier alpha value is -2.81. The van der Waals surface area contributed by atoms with Gasteiger partial charge >= 0.3 is 0 Å². The number of nitrogens with zero attached hydrogens (tertiary/aromatic N) is 2. The van der Waals surface area contributed by atoms with Crippen LogP contribution in [-0.2, 0) is 12.8 Å². The monoisotopic (exact) mass is 288 g/mol. The van der Waals surface area contributed by atoms with Crippen LogP contribution in [0.25, 0.3) is 0 Å². The SMILES string of the molecule is O=Cc1cccc(Cc2ccccn2)c1Cc1ccccn1. The quantitative estimate of drug-likeness (QED) is 0.675. The molecule has 0 amide bonds. The second-order valence-electron chi connectivity index (χ2n) is 5.10. The first-order valence-electron chi connectivity index (χ1n) is 7.22. The maximum Gasteiger partial charge on any atom is 0.150 e. The summed E-state index contributed by atoms with van der Waals surface area (Å²) >= 11 is 0. The van der Waals surface area contributed by atoms with Crippen LogP contribution < -0.4 is 0 Å². The Kier molecular flexibility index (Phi) is 4.35. The Labute approximate surface area is 129 Å². The van der Waals surface area contributed by atoms with Gasteiger partial charge in [-0.3, -0.25) is 14.8 Å². The molecule has 1 aromatic carbocycles. The lowest BCUT2D eigenvalue weighted by Gasteiger charge is -2.11. The summed E-state index contributed by atoms with van der Waals surface area (Å²) in [5.41, 5.74) is 4.82. The second-order valence-corrected chi connectivity index (χ2v) is 5.10. The van der Waals surface area contributed by atoms with Crippen molar-refractivity contribution in [2.75, 3.05) is 0 Å². The van der Waals surface area contributed by atoms with Gasteiger partial charge in [0, 0.05) is 42.2 Å². The fourth-order valence-electron chi connectivity index (χ4n) is 2.53. The van der Waals surface area contributed by atoms with Gasteiger partial charge in [0.1, 0.15) is 6.29 Å². The lowest BCUT2D eigenvalue weighted by molar-refractivity contribution is 0.112. The molecule has 0 unspecified atom stereocenters. The summed E-state index contributed by atoms with van der Waals surface area (Å²) in [6.45, 7) is 0. The predicted molar refractivity (Wildman–Crippen MR) is 85.9 cm³/mol. The molecule has 0 atom stereocenters. The van der Waals surface area contributed by atoms with Crippen molar-refractivity contribution >= 4 is 6.29 Å². The first kappa shape index (κ1) is 14.1. The minimum absolute atomic E-state index is 0.651. The molecule has 3 heteroatoms. The number of hydrogen-bond acceptors (Lipinski definition) is 3. The molecule has 3 aromatic rings. The lowest BCUT2D eigenvalue weighted by Crippen LogP contribution is -2.03. The van der Waals surface area contributed by atoms with Gasteiger partial charge in [-0.15, -0.1) is 0 Å². The van der Waals surface area contributed by atoms with Crippen molar-refractivity contribution in [3.8, 4) is 0 Å². The van der Waals surface area contributed by atoms with Gasteiger partial charge in [-0.05, 0) is 35.4 Å². The summed E-state index contributed by atoms with van der Waals surface area (Å²) in [5.74, 6) is 0. The van der Waals surface area contributed by atoms with E-state index in [-0.39, 0.29) is 0 Å². The number of hydrogen-bond donors (Lipinski definition) is 0. The molecular formula is C19H16N2O. The molecule has 3 nitrogen and oxygen atoms in total. The minimum atomic E-state index is 0.651. The summed E-state index contributed by atoms with van der Waals surface area (Å²) in [6.07, 6.45) is 5.84. The van der Waals surface area contributed by atoms with E-state index in [0.717, 1.165) is 34.4 Å². The molecule has 0 fully saturated rings. The third-order valence-electron chi connectivity index (χ3n) is 3.62. The Bertz CT molecular complexity index is 755. The molecule has 0 aliphatic heterocycles. The van der Waals surface area contributed by atoms with Crippen LogP contribution in [0.1, 0.15) is 32.9 Å². The molecule has 0 bridgehead atoms. The molecule has 22 heavy (non-hydrogen) atoms. The highest BCUT2D eigenvalue weighted by Gasteiger charge is 2.10. The zero-order valence-electron chi connectivity index (χ0n) is 12.1. The maximum absolute atomic E-state index is 11.4. The topological polar surface area (TPSA) is 42.9 Å². The van der Waals surface area contributed by atoms with Crippen molar-refractivity contribution in [3.05, 3.63) is 95.1 Å². The average Bonchev–Trinajstić information content (AvgIpc) is 2.58. The van der Waals surface area contributed by atoms with E-state index in [0.29, 0.717) is 12.8 Å². The summed E-state index contributed by atoms with van der Waals surface area (Å²) in [7, 11) is 0. The Balaban J connectivity index is 1.97. The molecule has 0 radical (unpaired) electrons. The van der Waals surface area contributed by atoms with Crippen LogP contribution in [0.2, 0.25) is 0 Å². The Morgan fingerprint density at radius 3 is 2.05 bits per heavy atom. The average molecular weight is 288 g/mol. The summed E-state index contributed by atoms with van der Waals surface area (Å²) in [6, 6.07) is 17.5. The summed E-state index contributed by atoms with van der Waals surface area (Å²) < 4.78 is 0. The molecule has 3 rings (SSSR count). The van der Waals surface area contributed by atoms with Gasteiger partial charge in [-0.25, -0.2) is 0 Å². The molecule has 0 saturated carbocycles. The zero-order valence-corrected chi connectivity index (χ0v) is 12.1. The molecule has 0 spiro atoms. The number of carbonyl (C=O) groups is 1. The summed E-state index contributed by atoms with van der Waals surface area (Å²) in [4.78, 5) is 20.1. The Morgan fingerprint density at radius 1 is 0.773 bits per heavy atom. The largest absolute Gasteiger partial charge is 0.298 e. The number of aldehydes is 1. The van der Waals surface area contributed by atoms with E-state index in [4.69, 9.17) is 0 Å². The molecule has 108 valence electrons. The van der Waals surface area contributed by atoms with Crippen LogP contribution in [-0.4, -0.2) is 16.3 Å². The smallest absolute Gasteiger partial charge is 0.150 e. The van der Waals surface area contributed by atoms with E-state index >= 15 is 0 Å². The molecule has 2 heterocycles. The van der Waals surface area contributed by atoms with Crippen LogP contribution in [0.15, 0.2) is 67.0 Å². The highest BCUT2D eigenvalue weighted by atomic mass is 16.1. The lowest BCUT2D eigenvalue weighted by atomic mass is 9.94. The molecule has 0 N–H and O–H groups in total. The van der Waals surface area contributed by atoms with Crippen LogP contribution in [0, 0.1) is 0 Å². The number of pyridine rings is 2. The van der Waals surface area contributed by atoms with Gasteiger partial charge in [0.25, 0.3) is 0 Å². The molecule has 0 saturated heterocycles. The number of aromatic nitrogens is 2. The standard InChI is InChI=1S/C19H16N2O/c22-14-16-7-5-6-15(12-17-8-1-3-10-20-17)19(16)13-18-9-2-4-11-21-18/h1-11,14H,12-13H2. The van der Waals surface area contributed by atoms with Gasteiger partial charge < -0.3 is 0 Å². The number of benzene rings is 1. The van der Waals surface area contributed by atoms with E-state index in [1.165, 1.54) is 0 Å². The van der Waals surface area contributed by atoms with E-state index in [2.05, 4.69) is 16.0 Å². The van der Waals surface area contributed by atoms with Crippen molar-refractivity contribution in [2.45, 2.75) is 12.8 Å². The van der Waals surface area contributed by atoms with Gasteiger partial charge in [0.15, 0.2) is 0 Å². The van der Waals surface area contributed by atoms with Gasteiger partial charge in [-0.2, -0.15) is 0 Å². The van der Waals surface area contributed by atoms with E-state index in [1.54, 1.807) is 12.4 Å². The predicted octanol–water partition coefficient (Wildman–Crippen LogP) is 3.47. The van der Waals surface area contributed by atoms with Crippen molar-refractivity contribution in [1.82, 2.24) is 9.97 Å². The highest BCUT2D eigenvalue weighted by Crippen LogP contribution is 2.20. The molecule has 0 aliphatic carbocycles. The fraction of sp³-hybridized carbons (Fsp3) is 0.105. The van der Waals surface area contributed by atoms with Crippen molar-refractivity contribution in [3.63, 3.8) is 0 Å². The van der Waals surface area contributed by atoms with Crippen molar-refractivity contribution in [2.24, 2.45) is 0 Å². The third-order valence-corrected chi connectivity index (χ3v) is 3.62. The van der Waals surface area contributed by atoms with E-state index in [1.807, 2.05) is 48.5 Å². The highest BCUT2D eigenvalue weighted by molar-refractivity contribution is 5.78. The van der Waals surface area contributed by atoms with Gasteiger partial charge in [0.2, 0.25) is 0 Å². The molecule has 0 aliphatic rings. The minimum Gasteiger partial charge on any atom is -0.298 e. The summed E-state index contributed by atoms with van der Waals surface area (Å²) in [5, 5.41) is 0. The Morgan fingerprint density at radius 2 is 1.45 bits per heavy atom. The number of carbonyl (C=O) groups excluding carboxylic acids is 1. The van der Waals surface area contributed by atoms with E-state index < -0.39 is 0 Å². The molecular weight excluding hydrogens is 272 g/mol. The van der Waals surface area contributed by atoms with Gasteiger partial charge in [0.05, 0.1) is 0 Å². The van der Waals surface area contributed by atoms with Crippen LogP contribution in [0.5, 0.6) is 0 Å². The third kappa shape index (κ3) is 3.26. The first-order chi connectivity index (χ1) is 10.9. The number of rotatable bonds is 5. The van der Waals surface area contributed by atoms with Crippen molar-refractivity contribution in [1.29, 1.82) is 0 Å². The zero-order chi connectivity index (χ0) is 15.2. The van der Waals surface area contributed by atoms with Crippen LogP contribution in [0.3, 0.4) is 0 Å².